The molecule has 0 atom stereocenters. The first-order valence-electron chi connectivity index (χ1n) is 8.95. The van der Waals surface area contributed by atoms with Gasteiger partial charge in [-0.15, -0.1) is 0 Å². The van der Waals surface area contributed by atoms with Crippen molar-refractivity contribution in [1.29, 1.82) is 0 Å². The third-order valence-corrected chi connectivity index (χ3v) is 4.26. The molecule has 1 aliphatic rings. The number of amides is 1. The van der Waals surface area contributed by atoms with Gasteiger partial charge in [0, 0.05) is 5.56 Å². The van der Waals surface area contributed by atoms with Crippen molar-refractivity contribution in [2.75, 3.05) is 19.8 Å². The van der Waals surface area contributed by atoms with Crippen LogP contribution in [0.2, 0.25) is 0 Å². The quantitative estimate of drug-likeness (QED) is 0.853. The van der Waals surface area contributed by atoms with Crippen LogP contribution in [0.4, 0.5) is 0 Å². The van der Waals surface area contributed by atoms with Gasteiger partial charge in [0.15, 0.2) is 11.5 Å². The van der Waals surface area contributed by atoms with Crippen LogP contribution in [0.15, 0.2) is 42.5 Å². The molecule has 0 fully saturated rings. The van der Waals surface area contributed by atoms with Crippen LogP contribution >= 0.6 is 0 Å². The van der Waals surface area contributed by atoms with Crippen molar-refractivity contribution in [2.24, 2.45) is 0 Å². The van der Waals surface area contributed by atoms with E-state index in [0.717, 1.165) is 17.7 Å². The monoisotopic (exact) mass is 355 g/mol. The SMILES string of the molecule is CCCOc1cccc(C(=O)NC(C)(C)c2ccc3c(c2)OCCO3)c1. The minimum Gasteiger partial charge on any atom is -0.494 e. The predicted octanol–water partition coefficient (Wildman–Crippen LogP) is 3.91. The lowest BCUT2D eigenvalue weighted by Gasteiger charge is -2.29. The van der Waals surface area contributed by atoms with Crippen LogP contribution in [-0.4, -0.2) is 25.7 Å². The highest BCUT2D eigenvalue weighted by Crippen LogP contribution is 2.34. The second-order valence-corrected chi connectivity index (χ2v) is 6.81. The maximum Gasteiger partial charge on any atom is 0.252 e. The van der Waals surface area contributed by atoms with Crippen LogP contribution in [0.25, 0.3) is 0 Å². The second-order valence-electron chi connectivity index (χ2n) is 6.81. The van der Waals surface area contributed by atoms with Crippen molar-refractivity contribution in [1.82, 2.24) is 5.32 Å². The van der Waals surface area contributed by atoms with Gasteiger partial charge >= 0.3 is 0 Å². The molecule has 0 aliphatic carbocycles. The lowest BCUT2D eigenvalue weighted by atomic mass is 9.93. The van der Waals surface area contributed by atoms with E-state index in [1.165, 1.54) is 0 Å². The molecule has 0 aromatic heterocycles. The highest BCUT2D eigenvalue weighted by molar-refractivity contribution is 5.95. The van der Waals surface area contributed by atoms with Crippen LogP contribution in [0.5, 0.6) is 17.2 Å². The molecule has 3 rings (SSSR count). The Morgan fingerprint density at radius 3 is 2.65 bits per heavy atom. The van der Waals surface area contributed by atoms with Crippen LogP contribution < -0.4 is 19.5 Å². The molecule has 0 saturated heterocycles. The standard InChI is InChI=1S/C21H25NO4/c1-4-10-24-17-7-5-6-15(13-17)20(23)22-21(2,3)16-8-9-18-19(14-16)26-12-11-25-18/h5-9,13-14H,4,10-12H2,1-3H3,(H,22,23). The lowest BCUT2D eigenvalue weighted by Crippen LogP contribution is -2.41. The van der Waals surface area contributed by atoms with Crippen molar-refractivity contribution < 1.29 is 19.0 Å². The molecule has 0 spiro atoms. The average Bonchev–Trinajstić information content (AvgIpc) is 2.66. The van der Waals surface area contributed by atoms with Crippen molar-refractivity contribution in [3.8, 4) is 17.2 Å². The zero-order chi connectivity index (χ0) is 18.6. The molecule has 1 heterocycles. The number of carbonyl (C=O) groups excluding carboxylic acids is 1. The first-order valence-corrected chi connectivity index (χ1v) is 8.95. The minimum absolute atomic E-state index is 0.146. The van der Waals surface area contributed by atoms with E-state index in [9.17, 15) is 4.79 Å². The molecule has 2 aromatic carbocycles. The summed E-state index contributed by atoms with van der Waals surface area (Å²) < 4.78 is 16.8. The number of ether oxygens (including phenoxy) is 3. The Labute approximate surface area is 154 Å². The maximum atomic E-state index is 12.7. The summed E-state index contributed by atoms with van der Waals surface area (Å²) in [6.07, 6.45) is 0.924. The molecular formula is C21H25NO4. The van der Waals surface area contributed by atoms with Gasteiger partial charge in [-0.1, -0.05) is 19.1 Å². The minimum atomic E-state index is -0.562. The second kappa shape index (κ2) is 7.68. The van der Waals surface area contributed by atoms with E-state index < -0.39 is 5.54 Å². The summed E-state index contributed by atoms with van der Waals surface area (Å²) in [6, 6.07) is 13.0. The zero-order valence-electron chi connectivity index (χ0n) is 15.5. The Balaban J connectivity index is 1.75. The fourth-order valence-electron chi connectivity index (χ4n) is 2.81. The third kappa shape index (κ3) is 4.10. The smallest absolute Gasteiger partial charge is 0.252 e. The number of benzene rings is 2. The van der Waals surface area contributed by atoms with Gasteiger partial charge in [-0.05, 0) is 56.2 Å². The normalized spacial score (nSPS) is 13.2. The summed E-state index contributed by atoms with van der Waals surface area (Å²) in [5.41, 5.74) is 0.963. The Morgan fingerprint density at radius 2 is 1.88 bits per heavy atom. The Hall–Kier alpha value is -2.69. The zero-order valence-corrected chi connectivity index (χ0v) is 15.5. The fraction of sp³-hybridized carbons (Fsp3) is 0.381. The Kier molecular flexibility index (Phi) is 5.35. The van der Waals surface area contributed by atoms with E-state index >= 15 is 0 Å². The summed E-state index contributed by atoms with van der Waals surface area (Å²) in [5.74, 6) is 2.01. The van der Waals surface area contributed by atoms with E-state index in [4.69, 9.17) is 14.2 Å². The summed E-state index contributed by atoms with van der Waals surface area (Å²) in [7, 11) is 0. The topological polar surface area (TPSA) is 56.8 Å². The number of nitrogens with one attached hydrogen (secondary N) is 1. The van der Waals surface area contributed by atoms with Crippen molar-refractivity contribution in [2.45, 2.75) is 32.7 Å². The molecule has 26 heavy (non-hydrogen) atoms. The number of hydrogen-bond acceptors (Lipinski definition) is 4. The molecule has 2 aromatic rings. The van der Waals surface area contributed by atoms with E-state index in [1.807, 2.05) is 51.1 Å². The Morgan fingerprint density at radius 1 is 1.12 bits per heavy atom. The van der Waals surface area contributed by atoms with Gasteiger partial charge in [-0.25, -0.2) is 0 Å². The molecule has 0 bridgehead atoms. The van der Waals surface area contributed by atoms with E-state index in [0.29, 0.717) is 36.9 Å². The van der Waals surface area contributed by atoms with Gasteiger partial charge in [-0.3, -0.25) is 4.79 Å². The third-order valence-electron chi connectivity index (χ3n) is 4.26. The summed E-state index contributed by atoms with van der Waals surface area (Å²) in [4.78, 5) is 12.7. The van der Waals surface area contributed by atoms with Gasteiger partial charge in [0.2, 0.25) is 0 Å². The molecule has 138 valence electrons. The van der Waals surface area contributed by atoms with Crippen LogP contribution in [0.1, 0.15) is 43.1 Å². The molecular weight excluding hydrogens is 330 g/mol. The van der Waals surface area contributed by atoms with E-state index in [2.05, 4.69) is 5.32 Å². The maximum absolute atomic E-state index is 12.7. The van der Waals surface area contributed by atoms with E-state index in [1.54, 1.807) is 12.1 Å². The van der Waals surface area contributed by atoms with Crippen molar-refractivity contribution >= 4 is 5.91 Å². The summed E-state index contributed by atoms with van der Waals surface area (Å²) in [6.45, 7) is 7.71. The van der Waals surface area contributed by atoms with Crippen LogP contribution in [0.3, 0.4) is 0 Å². The molecule has 1 N–H and O–H groups in total. The van der Waals surface area contributed by atoms with Gasteiger partial charge in [0.1, 0.15) is 19.0 Å². The molecule has 0 unspecified atom stereocenters. The predicted molar refractivity (Wildman–Crippen MR) is 100 cm³/mol. The first kappa shape index (κ1) is 18.1. The number of fused-ring (bicyclic) bond motifs is 1. The summed E-state index contributed by atoms with van der Waals surface area (Å²) in [5, 5.41) is 3.09. The number of carbonyl (C=O) groups is 1. The fourth-order valence-corrected chi connectivity index (χ4v) is 2.81. The van der Waals surface area contributed by atoms with Gasteiger partial charge in [0.25, 0.3) is 5.91 Å². The van der Waals surface area contributed by atoms with E-state index in [-0.39, 0.29) is 5.91 Å². The lowest BCUT2D eigenvalue weighted by molar-refractivity contribution is 0.0911. The van der Waals surface area contributed by atoms with Crippen molar-refractivity contribution in [3.63, 3.8) is 0 Å². The largest absolute Gasteiger partial charge is 0.494 e. The molecule has 1 aliphatic heterocycles. The van der Waals surface area contributed by atoms with Gasteiger partial charge in [-0.2, -0.15) is 0 Å². The molecule has 0 saturated carbocycles. The molecule has 5 heteroatoms. The number of rotatable bonds is 6. The molecule has 5 nitrogen and oxygen atoms in total. The molecule has 0 radical (unpaired) electrons. The van der Waals surface area contributed by atoms with Gasteiger partial charge < -0.3 is 19.5 Å². The number of hydrogen-bond donors (Lipinski definition) is 1. The van der Waals surface area contributed by atoms with Crippen LogP contribution in [-0.2, 0) is 5.54 Å². The Bertz CT molecular complexity index is 785. The van der Waals surface area contributed by atoms with Gasteiger partial charge in [0.05, 0.1) is 12.1 Å². The highest BCUT2D eigenvalue weighted by atomic mass is 16.6. The average molecular weight is 355 g/mol. The van der Waals surface area contributed by atoms with Crippen LogP contribution in [0, 0.1) is 0 Å². The molecule has 1 amide bonds. The summed E-state index contributed by atoms with van der Waals surface area (Å²) >= 11 is 0. The highest BCUT2D eigenvalue weighted by Gasteiger charge is 2.26. The first-order chi connectivity index (χ1) is 12.5. The van der Waals surface area contributed by atoms with Crippen molar-refractivity contribution in [3.05, 3.63) is 53.6 Å².